The maximum atomic E-state index is 12.9. The first-order chi connectivity index (χ1) is 16.6. The molecule has 0 aliphatic rings. The maximum absolute atomic E-state index is 12.9. The van der Waals surface area contributed by atoms with Crippen molar-refractivity contribution in [2.75, 3.05) is 11.1 Å². The topological polar surface area (TPSA) is 96.5 Å². The first-order valence-corrected chi connectivity index (χ1v) is 12.3. The third-order valence-electron chi connectivity index (χ3n) is 5.19. The van der Waals surface area contributed by atoms with Gasteiger partial charge in [0.25, 0.3) is 0 Å². The molecule has 1 amide bonds. The number of rotatable bonds is 6. The second kappa shape index (κ2) is 9.47. The summed E-state index contributed by atoms with van der Waals surface area (Å²) in [6.07, 6.45) is 2.97. The molecule has 0 saturated heterocycles. The van der Waals surface area contributed by atoms with Gasteiger partial charge in [0, 0.05) is 10.9 Å². The quantitative estimate of drug-likeness (QED) is 0.255. The molecule has 5 rings (SSSR count). The van der Waals surface area contributed by atoms with Crippen LogP contribution in [0.5, 0.6) is 0 Å². The molecule has 7 nitrogen and oxygen atoms in total. The molecule has 0 atom stereocenters. The number of carbonyl (C=O) groups excluding carboxylic acids is 1. The minimum absolute atomic E-state index is 0.125. The molecule has 1 N–H and O–H groups in total. The van der Waals surface area contributed by atoms with Crippen LogP contribution >= 0.6 is 23.1 Å². The van der Waals surface area contributed by atoms with Gasteiger partial charge in [0.15, 0.2) is 5.82 Å². The number of hydrogen-bond acceptors (Lipinski definition) is 7. The van der Waals surface area contributed by atoms with Gasteiger partial charge in [0.1, 0.15) is 27.8 Å². The lowest BCUT2D eigenvalue weighted by molar-refractivity contribution is -0.113. The fourth-order valence-corrected chi connectivity index (χ4v) is 5.31. The number of anilines is 1. The lowest BCUT2D eigenvalue weighted by Crippen LogP contribution is -2.17. The van der Waals surface area contributed by atoms with E-state index in [1.165, 1.54) is 29.8 Å². The van der Waals surface area contributed by atoms with Crippen LogP contribution in [-0.2, 0) is 4.79 Å². The zero-order valence-electron chi connectivity index (χ0n) is 18.1. The number of nitriles is 1. The van der Waals surface area contributed by atoms with Crippen LogP contribution in [0.15, 0.2) is 77.5 Å². The standard InChI is InChI=1S/C25H18N6OS2/c1-16-7-9-17(10-8-16)20-13-33-24-22(20)25(28-15-27-24)34-14-21(32)30-23-18(11-26)12-29-31(23)19-5-3-2-4-6-19/h2-10,12-13,15H,14H2,1H3,(H,30,32). The number of nitrogens with zero attached hydrogens (tertiary/aromatic N) is 5. The molecule has 3 aromatic heterocycles. The lowest BCUT2D eigenvalue weighted by atomic mass is 10.1. The summed E-state index contributed by atoms with van der Waals surface area (Å²) in [4.78, 5) is 22.6. The van der Waals surface area contributed by atoms with E-state index in [-0.39, 0.29) is 11.7 Å². The molecule has 0 bridgehead atoms. The van der Waals surface area contributed by atoms with Gasteiger partial charge >= 0.3 is 0 Å². The van der Waals surface area contributed by atoms with Gasteiger partial charge in [-0.3, -0.25) is 4.79 Å². The molecule has 0 radical (unpaired) electrons. The minimum atomic E-state index is -0.252. The average Bonchev–Trinajstić information content (AvgIpc) is 3.48. The molecule has 0 aliphatic carbocycles. The largest absolute Gasteiger partial charge is 0.309 e. The molecule has 0 saturated carbocycles. The van der Waals surface area contributed by atoms with E-state index in [1.54, 1.807) is 16.0 Å². The van der Waals surface area contributed by atoms with Crippen LogP contribution < -0.4 is 5.32 Å². The fourth-order valence-electron chi connectivity index (χ4n) is 3.52. The summed E-state index contributed by atoms with van der Waals surface area (Å²) in [5, 5.41) is 20.4. The Kier molecular flexibility index (Phi) is 6.08. The van der Waals surface area contributed by atoms with E-state index in [2.05, 4.69) is 63.0 Å². The summed E-state index contributed by atoms with van der Waals surface area (Å²) in [5.74, 6) is 0.223. The highest BCUT2D eigenvalue weighted by molar-refractivity contribution is 8.00. The van der Waals surface area contributed by atoms with E-state index in [0.717, 1.165) is 32.1 Å². The number of nitrogens with one attached hydrogen (secondary N) is 1. The Morgan fingerprint density at radius 2 is 1.94 bits per heavy atom. The Labute approximate surface area is 204 Å². The van der Waals surface area contributed by atoms with Crippen molar-refractivity contribution in [3.8, 4) is 22.9 Å². The first-order valence-electron chi connectivity index (χ1n) is 10.4. The normalized spacial score (nSPS) is 10.8. The third-order valence-corrected chi connectivity index (χ3v) is 7.06. The molecule has 166 valence electrons. The molecule has 0 fully saturated rings. The van der Waals surface area contributed by atoms with Crippen molar-refractivity contribution in [3.63, 3.8) is 0 Å². The molecule has 0 aliphatic heterocycles. The number of aromatic nitrogens is 4. The SMILES string of the molecule is Cc1ccc(-c2csc3ncnc(SCC(=O)Nc4c(C#N)cnn4-c4ccccc4)c23)cc1. The number of amides is 1. The molecular formula is C25H18N6OS2. The highest BCUT2D eigenvalue weighted by atomic mass is 32.2. The highest BCUT2D eigenvalue weighted by Crippen LogP contribution is 2.38. The van der Waals surface area contributed by atoms with E-state index >= 15 is 0 Å². The average molecular weight is 483 g/mol. The van der Waals surface area contributed by atoms with Crippen LogP contribution in [0.1, 0.15) is 11.1 Å². The van der Waals surface area contributed by atoms with Gasteiger partial charge in [0.05, 0.1) is 23.0 Å². The molecule has 3 heterocycles. The van der Waals surface area contributed by atoms with Crippen LogP contribution in [0.4, 0.5) is 5.82 Å². The van der Waals surface area contributed by atoms with Crippen LogP contribution in [0.2, 0.25) is 0 Å². The van der Waals surface area contributed by atoms with Crippen LogP contribution in [0, 0.1) is 18.3 Å². The van der Waals surface area contributed by atoms with E-state index in [0.29, 0.717) is 11.4 Å². The van der Waals surface area contributed by atoms with Gasteiger partial charge < -0.3 is 5.32 Å². The number of hydrogen-bond donors (Lipinski definition) is 1. The first kappa shape index (κ1) is 21.8. The molecule has 2 aromatic carbocycles. The predicted octanol–water partition coefficient (Wildman–Crippen LogP) is 5.45. The Morgan fingerprint density at radius 3 is 2.71 bits per heavy atom. The number of carbonyl (C=O) groups is 1. The van der Waals surface area contributed by atoms with Crippen molar-refractivity contribution < 1.29 is 4.79 Å². The van der Waals surface area contributed by atoms with Gasteiger partial charge in [-0.05, 0) is 24.6 Å². The van der Waals surface area contributed by atoms with Gasteiger partial charge in [-0.25, -0.2) is 14.6 Å². The van der Waals surface area contributed by atoms with Gasteiger partial charge in [-0.15, -0.1) is 11.3 Å². The fraction of sp³-hybridized carbons (Fsp3) is 0.0800. The van der Waals surface area contributed by atoms with Crippen LogP contribution in [0.3, 0.4) is 0 Å². The van der Waals surface area contributed by atoms with Gasteiger partial charge in [-0.2, -0.15) is 10.4 Å². The highest BCUT2D eigenvalue weighted by Gasteiger charge is 2.18. The van der Waals surface area contributed by atoms with E-state index < -0.39 is 0 Å². The Bertz CT molecular complexity index is 1520. The predicted molar refractivity (Wildman–Crippen MR) is 135 cm³/mol. The van der Waals surface area contributed by atoms with Gasteiger partial charge in [0.2, 0.25) is 5.91 Å². The molecule has 9 heteroatoms. The Morgan fingerprint density at radius 1 is 1.15 bits per heavy atom. The summed E-state index contributed by atoms with van der Waals surface area (Å²) in [5.41, 5.74) is 4.38. The number of thioether (sulfide) groups is 1. The van der Waals surface area contributed by atoms with Gasteiger partial charge in [-0.1, -0.05) is 59.8 Å². The van der Waals surface area contributed by atoms with Crippen molar-refractivity contribution in [1.82, 2.24) is 19.7 Å². The summed E-state index contributed by atoms with van der Waals surface area (Å²) in [6, 6.07) is 19.8. The smallest absolute Gasteiger partial charge is 0.235 e. The van der Waals surface area contributed by atoms with Crippen molar-refractivity contribution >= 4 is 45.0 Å². The molecule has 0 unspecified atom stereocenters. The second-order valence-corrected chi connectivity index (χ2v) is 9.30. The van der Waals surface area contributed by atoms with Crippen molar-refractivity contribution in [1.29, 1.82) is 5.26 Å². The van der Waals surface area contributed by atoms with Crippen molar-refractivity contribution in [3.05, 3.63) is 83.6 Å². The molecular weight excluding hydrogens is 464 g/mol. The number of thiophene rings is 1. The summed E-state index contributed by atoms with van der Waals surface area (Å²) < 4.78 is 1.55. The van der Waals surface area contributed by atoms with E-state index in [9.17, 15) is 10.1 Å². The van der Waals surface area contributed by atoms with Crippen LogP contribution in [0.25, 0.3) is 27.0 Å². The van der Waals surface area contributed by atoms with E-state index in [1.807, 2.05) is 30.3 Å². The monoisotopic (exact) mass is 482 g/mol. The lowest BCUT2D eigenvalue weighted by Gasteiger charge is -2.10. The number of para-hydroxylation sites is 1. The molecule has 0 spiro atoms. The number of aryl methyl sites for hydroxylation is 1. The summed E-state index contributed by atoms with van der Waals surface area (Å²) >= 11 is 2.90. The van der Waals surface area contributed by atoms with E-state index in [4.69, 9.17) is 0 Å². The number of benzene rings is 2. The number of fused-ring (bicyclic) bond motifs is 1. The van der Waals surface area contributed by atoms with Crippen molar-refractivity contribution in [2.24, 2.45) is 0 Å². The zero-order valence-corrected chi connectivity index (χ0v) is 19.7. The summed E-state index contributed by atoms with van der Waals surface area (Å²) in [7, 11) is 0. The Balaban J connectivity index is 1.39. The Hall–Kier alpha value is -4.00. The zero-order chi connectivity index (χ0) is 23.5. The molecule has 5 aromatic rings. The van der Waals surface area contributed by atoms with Crippen molar-refractivity contribution in [2.45, 2.75) is 11.9 Å². The maximum Gasteiger partial charge on any atom is 0.235 e. The molecule has 34 heavy (non-hydrogen) atoms. The second-order valence-electron chi connectivity index (χ2n) is 7.48. The minimum Gasteiger partial charge on any atom is -0.309 e. The third kappa shape index (κ3) is 4.29. The summed E-state index contributed by atoms with van der Waals surface area (Å²) in [6.45, 7) is 2.06. The van der Waals surface area contributed by atoms with Crippen LogP contribution in [-0.4, -0.2) is 31.4 Å².